The van der Waals surface area contributed by atoms with Crippen molar-refractivity contribution in [3.63, 3.8) is 0 Å². The summed E-state index contributed by atoms with van der Waals surface area (Å²) in [6, 6.07) is 14.1. The zero-order valence-electron chi connectivity index (χ0n) is 25.3. The molecule has 8 heteroatoms. The summed E-state index contributed by atoms with van der Waals surface area (Å²) >= 11 is 0. The number of allylic oxidation sites excluding steroid dienone is 1. The van der Waals surface area contributed by atoms with E-state index >= 15 is 0 Å². The van der Waals surface area contributed by atoms with Crippen molar-refractivity contribution in [1.82, 2.24) is 9.80 Å². The Kier molecular flexibility index (Phi) is 12.0. The van der Waals surface area contributed by atoms with Crippen molar-refractivity contribution < 1.29 is 14.5 Å². The maximum atomic E-state index is 13.0. The van der Waals surface area contributed by atoms with Crippen molar-refractivity contribution in [2.24, 2.45) is 5.92 Å². The number of benzene rings is 2. The number of carbonyl (C=O) groups is 1. The molecule has 1 amide bonds. The van der Waals surface area contributed by atoms with Crippen molar-refractivity contribution in [2.45, 2.75) is 56.9 Å². The molecule has 2 saturated heterocycles. The van der Waals surface area contributed by atoms with E-state index in [4.69, 9.17) is 4.74 Å². The first-order valence-electron chi connectivity index (χ1n) is 15.5. The molecule has 2 aliphatic heterocycles. The van der Waals surface area contributed by atoms with Crippen LogP contribution in [0, 0.1) is 16.0 Å². The van der Waals surface area contributed by atoms with E-state index in [2.05, 4.69) is 54.2 Å². The number of nitro groups is 1. The Hall–Kier alpha value is -3.91. The van der Waals surface area contributed by atoms with Crippen LogP contribution in [0.4, 0.5) is 11.4 Å². The summed E-state index contributed by atoms with van der Waals surface area (Å²) in [4.78, 5) is 28.5. The smallest absolute Gasteiger partial charge is 0.311 e. The summed E-state index contributed by atoms with van der Waals surface area (Å²) < 4.78 is 5.76. The molecule has 2 aromatic rings. The number of hydrogen-bond acceptors (Lipinski definition) is 6. The fraction of sp³-hybridized carbons (Fsp3) is 0.457. The molecule has 8 nitrogen and oxygen atoms in total. The predicted octanol–water partition coefficient (Wildman–Crippen LogP) is 6.75. The third kappa shape index (κ3) is 9.29. The topological polar surface area (TPSA) is 88.0 Å². The number of carbonyl (C=O) groups excluding carboxylic acids is 1. The number of nitrogens with zero attached hydrogens (tertiary/aromatic N) is 3. The van der Waals surface area contributed by atoms with E-state index in [1.807, 2.05) is 11.0 Å². The fourth-order valence-electron chi connectivity index (χ4n) is 5.92. The standard InChI is InChI=1S/C35H46N4O4/c1-4-7-8-28-9-11-29(12-10-28)30-15-20-37(21-16-30)22-19-35(40)38-23-17-31(18-24-38)36-32-13-14-33(39(41)42)34(25-32)43-26-27(5-2)6-3/h4-6,9-14,25,27,30-31,36H,1-3,7-8,15-24,26H2. The number of aryl methyl sites for hydroxylation is 1. The molecular formula is C35H46N4O4. The Balaban J connectivity index is 1.18. The highest BCUT2D eigenvalue weighted by molar-refractivity contribution is 5.76. The number of rotatable bonds is 15. The number of anilines is 1. The van der Waals surface area contributed by atoms with Crippen LogP contribution in [0.1, 0.15) is 55.6 Å². The third-order valence-corrected chi connectivity index (χ3v) is 8.73. The number of nitro benzene ring substituents is 1. The average Bonchev–Trinajstić information content (AvgIpc) is 3.04. The van der Waals surface area contributed by atoms with Gasteiger partial charge in [-0.25, -0.2) is 0 Å². The molecule has 2 fully saturated rings. The van der Waals surface area contributed by atoms with E-state index in [0.29, 0.717) is 25.4 Å². The van der Waals surface area contributed by atoms with Gasteiger partial charge >= 0.3 is 5.69 Å². The van der Waals surface area contributed by atoms with Gasteiger partial charge in [-0.3, -0.25) is 14.9 Å². The molecular weight excluding hydrogens is 540 g/mol. The Morgan fingerprint density at radius 2 is 1.72 bits per heavy atom. The number of piperidine rings is 2. The molecule has 0 atom stereocenters. The minimum Gasteiger partial charge on any atom is -0.486 e. The van der Waals surface area contributed by atoms with E-state index in [9.17, 15) is 14.9 Å². The van der Waals surface area contributed by atoms with Crippen LogP contribution in [0.3, 0.4) is 0 Å². The normalized spacial score (nSPS) is 16.5. The molecule has 2 aliphatic rings. The average molecular weight is 587 g/mol. The van der Waals surface area contributed by atoms with Crippen LogP contribution in [0.2, 0.25) is 0 Å². The summed E-state index contributed by atoms with van der Waals surface area (Å²) in [6.45, 7) is 15.8. The highest BCUT2D eigenvalue weighted by Gasteiger charge is 2.26. The van der Waals surface area contributed by atoms with Gasteiger partial charge in [0, 0.05) is 55.8 Å². The maximum Gasteiger partial charge on any atom is 0.311 e. The maximum absolute atomic E-state index is 13.0. The van der Waals surface area contributed by atoms with Gasteiger partial charge < -0.3 is 19.9 Å². The monoisotopic (exact) mass is 586 g/mol. The molecule has 1 N–H and O–H groups in total. The molecule has 2 aromatic carbocycles. The van der Waals surface area contributed by atoms with Gasteiger partial charge in [-0.15, -0.1) is 19.7 Å². The summed E-state index contributed by atoms with van der Waals surface area (Å²) in [7, 11) is 0. The van der Waals surface area contributed by atoms with Crippen molar-refractivity contribution in [1.29, 1.82) is 0 Å². The molecule has 43 heavy (non-hydrogen) atoms. The van der Waals surface area contributed by atoms with E-state index in [-0.39, 0.29) is 35.9 Å². The van der Waals surface area contributed by atoms with E-state index in [1.165, 1.54) is 17.2 Å². The zero-order valence-corrected chi connectivity index (χ0v) is 25.3. The Morgan fingerprint density at radius 1 is 1.02 bits per heavy atom. The zero-order chi connectivity index (χ0) is 30.6. The van der Waals surface area contributed by atoms with Gasteiger partial charge in [0.1, 0.15) is 0 Å². The van der Waals surface area contributed by atoms with Crippen LogP contribution in [-0.2, 0) is 11.2 Å². The largest absolute Gasteiger partial charge is 0.486 e. The molecule has 2 heterocycles. The summed E-state index contributed by atoms with van der Waals surface area (Å²) in [6.07, 6.45) is 11.9. The molecule has 0 spiro atoms. The second-order valence-corrected chi connectivity index (χ2v) is 11.6. The Labute approximate surface area is 256 Å². The fourth-order valence-corrected chi connectivity index (χ4v) is 5.92. The summed E-state index contributed by atoms with van der Waals surface area (Å²) in [5.74, 6) is 0.945. The molecule has 0 unspecified atom stereocenters. The van der Waals surface area contributed by atoms with Gasteiger partial charge in [0.25, 0.3) is 0 Å². The molecule has 0 aromatic heterocycles. The van der Waals surface area contributed by atoms with Gasteiger partial charge in [0.15, 0.2) is 5.75 Å². The number of ether oxygens (including phenoxy) is 1. The molecule has 0 saturated carbocycles. The minimum atomic E-state index is -0.438. The second-order valence-electron chi connectivity index (χ2n) is 11.6. The van der Waals surface area contributed by atoms with Crippen molar-refractivity contribution in [3.05, 3.63) is 102 Å². The lowest BCUT2D eigenvalue weighted by molar-refractivity contribution is -0.385. The van der Waals surface area contributed by atoms with Gasteiger partial charge in [-0.05, 0) is 74.7 Å². The molecule has 4 rings (SSSR count). The van der Waals surface area contributed by atoms with Crippen LogP contribution in [0.15, 0.2) is 80.4 Å². The summed E-state index contributed by atoms with van der Waals surface area (Å²) in [5, 5.41) is 15.0. The quantitative estimate of drug-likeness (QED) is 0.141. The number of likely N-dealkylation sites (tertiary alicyclic amines) is 2. The van der Waals surface area contributed by atoms with Crippen molar-refractivity contribution in [2.75, 3.05) is 44.6 Å². The minimum absolute atomic E-state index is 0.0735. The summed E-state index contributed by atoms with van der Waals surface area (Å²) in [5.41, 5.74) is 3.49. The lowest BCUT2D eigenvalue weighted by atomic mass is 9.88. The second kappa shape index (κ2) is 16.1. The number of hydrogen-bond donors (Lipinski definition) is 1. The molecule has 230 valence electrons. The first kappa shape index (κ1) is 32.0. The van der Waals surface area contributed by atoms with Gasteiger partial charge in [-0.2, -0.15) is 0 Å². The van der Waals surface area contributed by atoms with Crippen LogP contribution in [0.5, 0.6) is 5.75 Å². The van der Waals surface area contributed by atoms with E-state index in [0.717, 1.165) is 63.8 Å². The SMILES string of the molecule is C=CCCc1ccc(C2CCN(CCC(=O)N3CCC(Nc4ccc([N+](=O)[O-])c(OCC(C=C)C=C)c4)CC3)CC2)cc1. The van der Waals surface area contributed by atoms with Crippen molar-refractivity contribution in [3.8, 4) is 5.75 Å². The van der Waals surface area contributed by atoms with Gasteiger partial charge in [0.05, 0.1) is 11.5 Å². The van der Waals surface area contributed by atoms with Crippen LogP contribution in [0.25, 0.3) is 0 Å². The lowest BCUT2D eigenvalue weighted by Gasteiger charge is -2.35. The molecule has 0 aliphatic carbocycles. The van der Waals surface area contributed by atoms with Gasteiger partial charge in [-0.1, -0.05) is 42.5 Å². The molecule has 0 bridgehead atoms. The van der Waals surface area contributed by atoms with Gasteiger partial charge in [0.2, 0.25) is 5.91 Å². The highest BCUT2D eigenvalue weighted by atomic mass is 16.6. The first-order chi connectivity index (χ1) is 20.9. The molecule has 0 radical (unpaired) electrons. The van der Waals surface area contributed by atoms with Crippen LogP contribution in [-0.4, -0.2) is 66.0 Å². The number of nitrogens with one attached hydrogen (secondary N) is 1. The Bertz CT molecular complexity index is 1240. The predicted molar refractivity (Wildman–Crippen MR) is 174 cm³/mol. The van der Waals surface area contributed by atoms with E-state index < -0.39 is 4.92 Å². The van der Waals surface area contributed by atoms with E-state index in [1.54, 1.807) is 24.3 Å². The number of amides is 1. The van der Waals surface area contributed by atoms with Crippen molar-refractivity contribution >= 4 is 17.3 Å². The lowest BCUT2D eigenvalue weighted by Crippen LogP contribution is -2.43. The van der Waals surface area contributed by atoms with Crippen LogP contribution >= 0.6 is 0 Å². The Morgan fingerprint density at radius 3 is 2.35 bits per heavy atom. The highest BCUT2D eigenvalue weighted by Crippen LogP contribution is 2.32. The van der Waals surface area contributed by atoms with Crippen LogP contribution < -0.4 is 10.1 Å². The third-order valence-electron chi connectivity index (χ3n) is 8.73. The first-order valence-corrected chi connectivity index (χ1v) is 15.5.